The summed E-state index contributed by atoms with van der Waals surface area (Å²) >= 11 is -0.282. The number of nitrogens with zero attached hydrogens (tertiary/aromatic N) is 1. The molecule has 1 aliphatic heterocycles. The molecular formula is C17H14F3N3O2S. The summed E-state index contributed by atoms with van der Waals surface area (Å²) in [5, 5.41) is 5.17. The standard InChI is InChI=1S/C17H14F3N3O2S/c18-17(19,20)26-14-4-2-1-3-13(14)22-15(24)11-5-7-12(8-6-11)23-10-9-21-16(23)25/h1-8H,9-10H2,(H,21,25)(H,22,24). The second kappa shape index (κ2) is 7.28. The topological polar surface area (TPSA) is 61.4 Å². The minimum Gasteiger partial charge on any atom is -0.336 e. The van der Waals surface area contributed by atoms with Crippen LogP contribution in [0.15, 0.2) is 53.4 Å². The van der Waals surface area contributed by atoms with Gasteiger partial charge in [0.25, 0.3) is 5.91 Å². The molecule has 136 valence electrons. The first-order valence-corrected chi connectivity index (χ1v) is 8.47. The molecule has 0 radical (unpaired) electrons. The van der Waals surface area contributed by atoms with Crippen LogP contribution in [-0.2, 0) is 0 Å². The molecule has 3 amide bonds. The molecule has 0 aliphatic carbocycles. The smallest absolute Gasteiger partial charge is 0.336 e. The van der Waals surface area contributed by atoms with E-state index in [0.717, 1.165) is 0 Å². The molecule has 3 rings (SSSR count). The third-order valence-electron chi connectivity index (χ3n) is 3.66. The number of rotatable bonds is 4. The van der Waals surface area contributed by atoms with Gasteiger partial charge in [-0.15, -0.1) is 0 Å². The van der Waals surface area contributed by atoms with Crippen molar-refractivity contribution in [2.75, 3.05) is 23.3 Å². The van der Waals surface area contributed by atoms with Crippen LogP contribution in [0.25, 0.3) is 0 Å². The zero-order chi connectivity index (χ0) is 18.7. The van der Waals surface area contributed by atoms with E-state index >= 15 is 0 Å². The van der Waals surface area contributed by atoms with Crippen LogP contribution >= 0.6 is 11.8 Å². The van der Waals surface area contributed by atoms with Gasteiger partial charge in [-0.05, 0) is 48.2 Å². The van der Waals surface area contributed by atoms with E-state index in [1.54, 1.807) is 18.2 Å². The van der Waals surface area contributed by atoms with Crippen LogP contribution in [0, 0.1) is 0 Å². The van der Waals surface area contributed by atoms with Gasteiger partial charge in [0.1, 0.15) is 0 Å². The van der Waals surface area contributed by atoms with Crippen LogP contribution in [0.5, 0.6) is 0 Å². The molecule has 1 saturated heterocycles. The molecule has 0 spiro atoms. The van der Waals surface area contributed by atoms with Crippen molar-refractivity contribution in [3.63, 3.8) is 0 Å². The molecule has 26 heavy (non-hydrogen) atoms. The van der Waals surface area contributed by atoms with Crippen LogP contribution in [0.4, 0.5) is 29.3 Å². The Morgan fingerprint density at radius 3 is 2.42 bits per heavy atom. The van der Waals surface area contributed by atoms with Gasteiger partial charge in [0.15, 0.2) is 0 Å². The second-order valence-corrected chi connectivity index (χ2v) is 6.54. The van der Waals surface area contributed by atoms with Crippen LogP contribution < -0.4 is 15.5 Å². The van der Waals surface area contributed by atoms with Crippen LogP contribution in [0.2, 0.25) is 0 Å². The third-order valence-corrected chi connectivity index (χ3v) is 4.47. The quantitative estimate of drug-likeness (QED) is 0.785. The molecule has 0 saturated carbocycles. The molecule has 0 aromatic heterocycles. The highest BCUT2D eigenvalue weighted by atomic mass is 32.2. The highest BCUT2D eigenvalue weighted by Gasteiger charge is 2.30. The monoisotopic (exact) mass is 381 g/mol. The van der Waals surface area contributed by atoms with E-state index in [2.05, 4.69) is 10.6 Å². The summed E-state index contributed by atoms with van der Waals surface area (Å²) in [6.07, 6.45) is 0. The third kappa shape index (κ3) is 4.29. The van der Waals surface area contributed by atoms with E-state index in [0.29, 0.717) is 18.8 Å². The number of amides is 3. The van der Waals surface area contributed by atoms with Gasteiger partial charge in [-0.1, -0.05) is 12.1 Å². The van der Waals surface area contributed by atoms with E-state index in [9.17, 15) is 22.8 Å². The number of carbonyl (C=O) groups excluding carboxylic acids is 2. The SMILES string of the molecule is O=C(Nc1ccccc1SC(F)(F)F)c1ccc(N2CCNC2=O)cc1. The largest absolute Gasteiger partial charge is 0.446 e. The Morgan fingerprint density at radius 1 is 1.12 bits per heavy atom. The summed E-state index contributed by atoms with van der Waals surface area (Å²) in [4.78, 5) is 25.4. The Labute approximate surface area is 151 Å². The molecule has 0 atom stereocenters. The number of nitrogens with one attached hydrogen (secondary N) is 2. The number of halogens is 3. The minimum absolute atomic E-state index is 0.0845. The van der Waals surface area contributed by atoms with E-state index in [-0.39, 0.29) is 33.9 Å². The maximum Gasteiger partial charge on any atom is 0.446 e. The zero-order valence-corrected chi connectivity index (χ0v) is 14.2. The van der Waals surface area contributed by atoms with E-state index in [1.807, 2.05) is 0 Å². The molecule has 2 aromatic rings. The summed E-state index contributed by atoms with van der Waals surface area (Å²) in [6.45, 7) is 1.08. The molecule has 2 N–H and O–H groups in total. The average Bonchev–Trinajstić information content (AvgIpc) is 3.01. The molecule has 1 aliphatic rings. The molecule has 9 heteroatoms. The average molecular weight is 381 g/mol. The Hall–Kier alpha value is -2.68. The second-order valence-electron chi connectivity index (χ2n) is 5.43. The normalized spacial score (nSPS) is 14.3. The minimum atomic E-state index is -4.45. The lowest BCUT2D eigenvalue weighted by atomic mass is 10.1. The summed E-state index contributed by atoms with van der Waals surface area (Å²) in [7, 11) is 0. The number of hydrogen-bond donors (Lipinski definition) is 2. The molecule has 0 unspecified atom stereocenters. The lowest BCUT2D eigenvalue weighted by molar-refractivity contribution is -0.0328. The molecule has 1 fully saturated rings. The van der Waals surface area contributed by atoms with Crippen molar-refractivity contribution in [1.82, 2.24) is 5.32 Å². The number of urea groups is 1. The zero-order valence-electron chi connectivity index (χ0n) is 13.3. The maximum absolute atomic E-state index is 12.6. The van der Waals surface area contributed by atoms with Crippen molar-refractivity contribution in [1.29, 1.82) is 0 Å². The molecule has 1 heterocycles. The first-order valence-electron chi connectivity index (χ1n) is 7.65. The Bertz CT molecular complexity index is 825. The number of benzene rings is 2. The van der Waals surface area contributed by atoms with Crippen molar-refractivity contribution in [2.45, 2.75) is 10.4 Å². The van der Waals surface area contributed by atoms with Crippen molar-refractivity contribution in [3.05, 3.63) is 54.1 Å². The van der Waals surface area contributed by atoms with Gasteiger partial charge in [0.05, 0.1) is 5.69 Å². The number of thioether (sulfide) groups is 1. The fraction of sp³-hybridized carbons (Fsp3) is 0.176. The highest BCUT2D eigenvalue weighted by molar-refractivity contribution is 8.00. The Kier molecular flexibility index (Phi) is 5.08. The Balaban J connectivity index is 1.73. The lowest BCUT2D eigenvalue weighted by Gasteiger charge is -2.15. The van der Waals surface area contributed by atoms with Crippen molar-refractivity contribution < 1.29 is 22.8 Å². The summed E-state index contributed by atoms with van der Waals surface area (Å²) in [5.41, 5.74) is -3.44. The van der Waals surface area contributed by atoms with Crippen LogP contribution in [0.1, 0.15) is 10.4 Å². The molecule has 0 bridgehead atoms. The molecule has 2 aromatic carbocycles. The van der Waals surface area contributed by atoms with Gasteiger partial charge in [-0.25, -0.2) is 4.79 Å². The van der Waals surface area contributed by atoms with Gasteiger partial charge in [0, 0.05) is 29.2 Å². The predicted molar refractivity (Wildman–Crippen MR) is 93.5 cm³/mol. The molecular weight excluding hydrogens is 367 g/mol. The van der Waals surface area contributed by atoms with Gasteiger partial charge < -0.3 is 10.6 Å². The number of anilines is 2. The highest BCUT2D eigenvalue weighted by Crippen LogP contribution is 2.40. The summed E-state index contributed by atoms with van der Waals surface area (Å²) < 4.78 is 37.9. The summed E-state index contributed by atoms with van der Waals surface area (Å²) in [6, 6.07) is 11.8. The van der Waals surface area contributed by atoms with Crippen molar-refractivity contribution in [3.8, 4) is 0 Å². The van der Waals surface area contributed by atoms with Crippen LogP contribution in [0.3, 0.4) is 0 Å². The van der Waals surface area contributed by atoms with Crippen molar-refractivity contribution >= 4 is 35.1 Å². The number of para-hydroxylation sites is 1. The van der Waals surface area contributed by atoms with Gasteiger partial charge in [-0.2, -0.15) is 13.2 Å². The first kappa shape index (κ1) is 18.1. The Morgan fingerprint density at radius 2 is 1.81 bits per heavy atom. The number of carbonyl (C=O) groups is 2. The fourth-order valence-corrected chi connectivity index (χ4v) is 3.11. The fourth-order valence-electron chi connectivity index (χ4n) is 2.49. The van der Waals surface area contributed by atoms with E-state index < -0.39 is 11.4 Å². The van der Waals surface area contributed by atoms with Gasteiger partial charge >= 0.3 is 11.5 Å². The first-order chi connectivity index (χ1) is 12.3. The number of hydrogen-bond acceptors (Lipinski definition) is 3. The van der Waals surface area contributed by atoms with Gasteiger partial charge in [0.2, 0.25) is 0 Å². The molecule has 5 nitrogen and oxygen atoms in total. The van der Waals surface area contributed by atoms with Crippen molar-refractivity contribution in [2.24, 2.45) is 0 Å². The van der Waals surface area contributed by atoms with E-state index in [4.69, 9.17) is 0 Å². The number of alkyl halides is 3. The maximum atomic E-state index is 12.6. The van der Waals surface area contributed by atoms with Gasteiger partial charge in [-0.3, -0.25) is 9.69 Å². The predicted octanol–water partition coefficient (Wildman–Crippen LogP) is 4.08. The van der Waals surface area contributed by atoms with E-state index in [1.165, 1.54) is 35.2 Å². The lowest BCUT2D eigenvalue weighted by Crippen LogP contribution is -2.27. The summed E-state index contributed by atoms with van der Waals surface area (Å²) in [5.74, 6) is -0.530. The van der Waals surface area contributed by atoms with Crippen LogP contribution in [-0.4, -0.2) is 30.5 Å².